The van der Waals surface area contributed by atoms with E-state index in [0.717, 1.165) is 12.1 Å². The quantitative estimate of drug-likeness (QED) is 0.387. The average molecular weight is 273 g/mol. The van der Waals surface area contributed by atoms with Gasteiger partial charge in [-0.1, -0.05) is 12.2 Å². The van der Waals surface area contributed by atoms with Gasteiger partial charge in [-0.2, -0.15) is 0 Å². The van der Waals surface area contributed by atoms with Crippen LogP contribution >= 0.6 is 11.6 Å². The Kier molecular flexibility index (Phi) is 5.26. The van der Waals surface area contributed by atoms with Crippen LogP contribution in [-0.4, -0.2) is 23.3 Å². The minimum Gasteiger partial charge on any atom is -0.348 e. The summed E-state index contributed by atoms with van der Waals surface area (Å²) in [5.41, 5.74) is -0.633. The first-order chi connectivity index (χ1) is 8.56. The Morgan fingerprint density at radius 1 is 1.50 bits per heavy atom. The minimum absolute atomic E-state index is 0.210. The molecule has 0 radical (unpaired) electrons. The molecule has 0 saturated heterocycles. The van der Waals surface area contributed by atoms with Crippen LogP contribution in [0.3, 0.4) is 0 Å². The van der Waals surface area contributed by atoms with Crippen LogP contribution in [0.25, 0.3) is 0 Å². The first-order valence-electron chi connectivity index (χ1n) is 4.99. The van der Waals surface area contributed by atoms with Crippen molar-refractivity contribution in [1.29, 1.82) is 0 Å². The highest BCUT2D eigenvalue weighted by Gasteiger charge is 2.15. The van der Waals surface area contributed by atoms with Gasteiger partial charge in [0.05, 0.1) is 16.6 Å². The monoisotopic (exact) mass is 272 g/mol. The summed E-state index contributed by atoms with van der Waals surface area (Å²) in [6.07, 6.45) is 3.25. The number of hydrogen-bond acceptors (Lipinski definition) is 3. The number of nitrogens with one attached hydrogen (secondary N) is 1. The van der Waals surface area contributed by atoms with Crippen LogP contribution in [0.4, 0.5) is 10.1 Å². The number of carbonyl (C=O) groups excluding carboxylic acids is 1. The number of nitrogens with zero attached hydrogens (tertiary/aromatic N) is 1. The molecule has 0 fully saturated rings. The molecular formula is C11H10ClFN2O3. The van der Waals surface area contributed by atoms with Gasteiger partial charge in [-0.3, -0.25) is 14.9 Å². The molecule has 1 aromatic carbocycles. The zero-order valence-electron chi connectivity index (χ0n) is 9.23. The number of hydrogen-bond donors (Lipinski definition) is 1. The number of non-ortho nitro benzene ring substituents is 1. The fraction of sp³-hybridized carbons (Fsp3) is 0.182. The number of nitro benzene ring substituents is 1. The summed E-state index contributed by atoms with van der Waals surface area (Å²) < 4.78 is 13.4. The van der Waals surface area contributed by atoms with Gasteiger partial charge in [0.15, 0.2) is 0 Å². The van der Waals surface area contributed by atoms with E-state index in [2.05, 4.69) is 5.32 Å². The summed E-state index contributed by atoms with van der Waals surface area (Å²) in [5, 5.41) is 12.8. The van der Waals surface area contributed by atoms with Crippen molar-refractivity contribution >= 4 is 23.2 Å². The number of rotatable bonds is 5. The fourth-order valence-electron chi connectivity index (χ4n) is 1.19. The van der Waals surface area contributed by atoms with E-state index in [4.69, 9.17) is 11.6 Å². The van der Waals surface area contributed by atoms with Gasteiger partial charge < -0.3 is 5.32 Å². The largest absolute Gasteiger partial charge is 0.348 e. The molecule has 0 spiro atoms. The van der Waals surface area contributed by atoms with Gasteiger partial charge in [0.25, 0.3) is 11.6 Å². The number of allylic oxidation sites excluding steroid dienone is 1. The van der Waals surface area contributed by atoms with Gasteiger partial charge in [-0.05, 0) is 6.07 Å². The topological polar surface area (TPSA) is 72.2 Å². The van der Waals surface area contributed by atoms with Gasteiger partial charge >= 0.3 is 0 Å². The second-order valence-corrected chi connectivity index (χ2v) is 3.57. The van der Waals surface area contributed by atoms with Crippen LogP contribution in [0.2, 0.25) is 0 Å². The summed E-state index contributed by atoms with van der Waals surface area (Å²) in [7, 11) is 0. The molecule has 0 aliphatic heterocycles. The van der Waals surface area contributed by atoms with E-state index >= 15 is 0 Å². The standard InChI is InChI=1S/C11H10ClFN2O3/c12-5-1-2-6-14-11(16)9-4-3-8(15(17)18)7-10(9)13/h1-4,7H,5-6H2,(H,14,16)/b2-1+. The Morgan fingerprint density at radius 2 is 2.22 bits per heavy atom. The molecule has 1 aromatic rings. The van der Waals surface area contributed by atoms with Crippen LogP contribution in [0, 0.1) is 15.9 Å². The lowest BCUT2D eigenvalue weighted by Gasteiger charge is -2.03. The molecule has 0 aliphatic carbocycles. The highest BCUT2D eigenvalue weighted by Crippen LogP contribution is 2.16. The van der Waals surface area contributed by atoms with E-state index in [0.29, 0.717) is 11.9 Å². The van der Waals surface area contributed by atoms with Crippen molar-refractivity contribution in [3.63, 3.8) is 0 Å². The van der Waals surface area contributed by atoms with E-state index in [9.17, 15) is 19.3 Å². The Bertz CT molecular complexity index is 491. The normalized spacial score (nSPS) is 10.6. The van der Waals surface area contributed by atoms with Crippen LogP contribution in [0.1, 0.15) is 10.4 Å². The van der Waals surface area contributed by atoms with Gasteiger partial charge in [-0.25, -0.2) is 4.39 Å². The van der Waals surface area contributed by atoms with Crippen molar-refractivity contribution in [2.75, 3.05) is 12.4 Å². The van der Waals surface area contributed by atoms with Gasteiger partial charge in [0.2, 0.25) is 0 Å². The summed E-state index contributed by atoms with van der Waals surface area (Å²) in [4.78, 5) is 21.2. The molecule has 0 unspecified atom stereocenters. The van der Waals surface area contributed by atoms with Crippen LogP contribution in [-0.2, 0) is 0 Å². The molecule has 1 rings (SSSR count). The van der Waals surface area contributed by atoms with E-state index in [1.807, 2.05) is 0 Å². The van der Waals surface area contributed by atoms with Gasteiger partial charge in [-0.15, -0.1) is 11.6 Å². The zero-order chi connectivity index (χ0) is 13.5. The number of nitro groups is 1. The summed E-state index contributed by atoms with van der Waals surface area (Å²) >= 11 is 5.38. The smallest absolute Gasteiger partial charge is 0.272 e. The Morgan fingerprint density at radius 3 is 2.78 bits per heavy atom. The number of alkyl halides is 1. The number of halogens is 2. The number of carbonyl (C=O) groups is 1. The molecule has 96 valence electrons. The van der Waals surface area contributed by atoms with Crippen molar-refractivity contribution in [1.82, 2.24) is 5.32 Å². The average Bonchev–Trinajstić information content (AvgIpc) is 2.34. The van der Waals surface area contributed by atoms with E-state index in [1.54, 1.807) is 12.2 Å². The lowest BCUT2D eigenvalue weighted by Crippen LogP contribution is -2.24. The molecule has 0 bridgehead atoms. The molecule has 7 heteroatoms. The van der Waals surface area contributed by atoms with Crippen molar-refractivity contribution in [2.45, 2.75) is 0 Å². The highest BCUT2D eigenvalue weighted by atomic mass is 35.5. The first-order valence-corrected chi connectivity index (χ1v) is 5.53. The second-order valence-electron chi connectivity index (χ2n) is 3.26. The van der Waals surface area contributed by atoms with E-state index in [1.165, 1.54) is 0 Å². The third-order valence-corrected chi connectivity index (χ3v) is 2.22. The van der Waals surface area contributed by atoms with Crippen molar-refractivity contribution in [3.05, 3.63) is 51.8 Å². The Balaban J connectivity index is 2.74. The molecule has 0 aromatic heterocycles. The van der Waals surface area contributed by atoms with Gasteiger partial charge in [0.1, 0.15) is 5.82 Å². The second kappa shape index (κ2) is 6.70. The maximum atomic E-state index is 13.4. The predicted molar refractivity (Wildman–Crippen MR) is 65.2 cm³/mol. The molecular weight excluding hydrogens is 263 g/mol. The first kappa shape index (κ1) is 14.1. The summed E-state index contributed by atoms with van der Waals surface area (Å²) in [5.74, 6) is -1.24. The maximum Gasteiger partial charge on any atom is 0.272 e. The minimum atomic E-state index is -0.928. The molecule has 0 aliphatic rings. The lowest BCUT2D eigenvalue weighted by atomic mass is 10.2. The van der Waals surface area contributed by atoms with E-state index in [-0.39, 0.29) is 12.1 Å². The van der Waals surface area contributed by atoms with Crippen LogP contribution in [0.15, 0.2) is 30.4 Å². The molecule has 18 heavy (non-hydrogen) atoms. The highest BCUT2D eigenvalue weighted by molar-refractivity contribution is 6.18. The maximum absolute atomic E-state index is 13.4. The molecule has 0 atom stereocenters. The van der Waals surface area contributed by atoms with Crippen LogP contribution < -0.4 is 5.32 Å². The molecule has 5 nitrogen and oxygen atoms in total. The third-order valence-electron chi connectivity index (χ3n) is 2.04. The van der Waals surface area contributed by atoms with Crippen molar-refractivity contribution < 1.29 is 14.1 Å². The summed E-state index contributed by atoms with van der Waals surface area (Å²) in [6, 6.07) is 2.87. The lowest BCUT2D eigenvalue weighted by molar-refractivity contribution is -0.385. The van der Waals surface area contributed by atoms with Crippen molar-refractivity contribution in [3.8, 4) is 0 Å². The molecule has 1 amide bonds. The molecule has 0 saturated carbocycles. The zero-order valence-corrected chi connectivity index (χ0v) is 9.98. The number of amides is 1. The van der Waals surface area contributed by atoms with Gasteiger partial charge in [0, 0.05) is 18.5 Å². The fourth-order valence-corrected chi connectivity index (χ4v) is 1.32. The van der Waals surface area contributed by atoms with Crippen molar-refractivity contribution in [2.24, 2.45) is 0 Å². The Hall–Kier alpha value is -1.95. The summed E-state index contributed by atoms with van der Waals surface area (Å²) in [6.45, 7) is 0.210. The van der Waals surface area contributed by atoms with E-state index < -0.39 is 22.3 Å². The molecule has 0 heterocycles. The Labute approximate surface area is 107 Å². The predicted octanol–water partition coefficient (Wildman–Crippen LogP) is 2.26. The molecule has 1 N–H and O–H groups in total. The third kappa shape index (κ3) is 3.81. The number of benzene rings is 1. The van der Waals surface area contributed by atoms with Crippen LogP contribution in [0.5, 0.6) is 0 Å². The SMILES string of the molecule is O=C(NC/C=C/CCl)c1ccc([N+](=O)[O-])cc1F.